The molecule has 0 bridgehead atoms. The molecule has 0 spiro atoms. The van der Waals surface area contributed by atoms with Gasteiger partial charge in [0.15, 0.2) is 0 Å². The first-order chi connectivity index (χ1) is 9.31. The van der Waals surface area contributed by atoms with E-state index in [0.717, 1.165) is 12.8 Å². The van der Waals surface area contributed by atoms with Gasteiger partial charge in [-0.15, -0.1) is 0 Å². The van der Waals surface area contributed by atoms with Gasteiger partial charge >= 0.3 is 0 Å². The first-order valence-electron chi connectivity index (χ1n) is 8.04. The minimum Gasteiger partial charge on any atom is -0.393 e. The van der Waals surface area contributed by atoms with Crippen LogP contribution in [0.4, 0.5) is 0 Å². The van der Waals surface area contributed by atoms with Crippen LogP contribution in [0.1, 0.15) is 56.7 Å². The fourth-order valence-electron chi connectivity index (χ4n) is 3.98. The van der Waals surface area contributed by atoms with Crippen molar-refractivity contribution in [3.63, 3.8) is 0 Å². The Labute approximate surface area is 124 Å². The summed E-state index contributed by atoms with van der Waals surface area (Å²) in [5.74, 6) is 1.11. The summed E-state index contributed by atoms with van der Waals surface area (Å²) in [6, 6.07) is 6.55. The predicted octanol–water partition coefficient (Wildman–Crippen LogP) is 4.67. The highest BCUT2D eigenvalue weighted by Gasteiger charge is 2.38. The average molecular weight is 274 g/mol. The number of rotatable bonds is 3. The van der Waals surface area contributed by atoms with Gasteiger partial charge in [-0.3, -0.25) is 0 Å². The van der Waals surface area contributed by atoms with E-state index in [1.165, 1.54) is 29.5 Å². The summed E-state index contributed by atoms with van der Waals surface area (Å²) in [5, 5.41) is 10.5. The van der Waals surface area contributed by atoms with E-state index < -0.39 is 0 Å². The van der Waals surface area contributed by atoms with Crippen molar-refractivity contribution >= 4 is 0 Å². The Morgan fingerprint density at radius 2 is 1.75 bits per heavy atom. The van der Waals surface area contributed by atoms with Gasteiger partial charge in [-0.25, -0.2) is 0 Å². The van der Waals surface area contributed by atoms with Crippen LogP contribution < -0.4 is 0 Å². The molecular weight excluding hydrogens is 244 g/mol. The van der Waals surface area contributed by atoms with E-state index >= 15 is 0 Å². The summed E-state index contributed by atoms with van der Waals surface area (Å²) in [6.45, 7) is 11.3. The molecule has 1 nitrogen and oxygen atoms in total. The van der Waals surface area contributed by atoms with E-state index in [9.17, 15) is 5.11 Å². The molecule has 2 rings (SSSR count). The molecular formula is C19H30O. The number of aryl methyl sites for hydroxylation is 2. The van der Waals surface area contributed by atoms with Crippen LogP contribution in [0, 0.1) is 31.1 Å². The van der Waals surface area contributed by atoms with Gasteiger partial charge in [-0.2, -0.15) is 0 Å². The lowest BCUT2D eigenvalue weighted by Crippen LogP contribution is -2.40. The third kappa shape index (κ3) is 3.25. The number of hydrogen-bond donors (Lipinski definition) is 1. The van der Waals surface area contributed by atoms with Crippen molar-refractivity contribution < 1.29 is 5.11 Å². The topological polar surface area (TPSA) is 20.2 Å². The van der Waals surface area contributed by atoms with Gasteiger partial charge in [0.25, 0.3) is 0 Å². The van der Waals surface area contributed by atoms with Gasteiger partial charge in [-0.05, 0) is 67.1 Å². The van der Waals surface area contributed by atoms with Crippen LogP contribution in [0.15, 0.2) is 18.2 Å². The van der Waals surface area contributed by atoms with Crippen LogP contribution in [0.3, 0.4) is 0 Å². The van der Waals surface area contributed by atoms with E-state index in [2.05, 4.69) is 52.8 Å². The molecule has 1 saturated carbocycles. The Bertz CT molecular complexity index is 441. The molecule has 112 valence electrons. The molecule has 1 aromatic carbocycles. The molecule has 0 aliphatic heterocycles. The molecule has 1 aliphatic carbocycles. The van der Waals surface area contributed by atoms with Crippen LogP contribution in [-0.4, -0.2) is 11.2 Å². The zero-order valence-electron chi connectivity index (χ0n) is 13.7. The summed E-state index contributed by atoms with van der Waals surface area (Å²) in [6.07, 6.45) is 4.35. The fourth-order valence-corrected chi connectivity index (χ4v) is 3.98. The highest BCUT2D eigenvalue weighted by Crippen LogP contribution is 2.42. The molecule has 0 radical (unpaired) electrons. The van der Waals surface area contributed by atoms with Crippen molar-refractivity contribution in [2.24, 2.45) is 17.3 Å². The van der Waals surface area contributed by atoms with Crippen LogP contribution in [0.25, 0.3) is 0 Å². The lowest BCUT2D eigenvalue weighted by molar-refractivity contribution is -0.0126. The van der Waals surface area contributed by atoms with Gasteiger partial charge in [0.2, 0.25) is 0 Å². The number of aliphatic hydroxyl groups is 1. The third-order valence-electron chi connectivity index (χ3n) is 5.36. The monoisotopic (exact) mass is 274 g/mol. The normalized spacial score (nSPS) is 27.6. The molecule has 0 amide bonds. The largest absolute Gasteiger partial charge is 0.393 e. The maximum absolute atomic E-state index is 10.5. The zero-order chi connectivity index (χ0) is 14.9. The van der Waals surface area contributed by atoms with Crippen LogP contribution >= 0.6 is 0 Å². The Morgan fingerprint density at radius 1 is 1.15 bits per heavy atom. The summed E-state index contributed by atoms with van der Waals surface area (Å²) < 4.78 is 0. The van der Waals surface area contributed by atoms with Gasteiger partial charge in [-0.1, -0.05) is 45.4 Å². The van der Waals surface area contributed by atoms with E-state index in [1.807, 2.05) is 0 Å². The highest BCUT2D eigenvalue weighted by atomic mass is 16.3. The Balaban J connectivity index is 2.18. The number of aliphatic hydroxyl groups excluding tert-OH is 1. The van der Waals surface area contributed by atoms with E-state index in [-0.39, 0.29) is 11.5 Å². The van der Waals surface area contributed by atoms with Crippen molar-refractivity contribution in [3.05, 3.63) is 34.9 Å². The second kappa shape index (κ2) is 5.89. The first-order valence-corrected chi connectivity index (χ1v) is 8.04. The summed E-state index contributed by atoms with van der Waals surface area (Å²) in [4.78, 5) is 0. The van der Waals surface area contributed by atoms with Gasteiger partial charge < -0.3 is 5.11 Å². The average Bonchev–Trinajstić information content (AvgIpc) is 2.33. The molecule has 1 aliphatic rings. The molecule has 3 atom stereocenters. The summed E-state index contributed by atoms with van der Waals surface area (Å²) in [7, 11) is 0. The molecule has 1 fully saturated rings. The molecule has 1 N–H and O–H groups in total. The molecule has 0 heterocycles. The van der Waals surface area contributed by atoms with Gasteiger partial charge in [0.1, 0.15) is 0 Å². The SMILES string of the molecule is Cc1cccc(C)c1CC(C)(C)C1CCC(C)CC1O. The lowest BCUT2D eigenvalue weighted by Gasteiger charge is -2.42. The van der Waals surface area contributed by atoms with E-state index in [4.69, 9.17) is 0 Å². The summed E-state index contributed by atoms with van der Waals surface area (Å²) >= 11 is 0. The zero-order valence-corrected chi connectivity index (χ0v) is 13.7. The molecule has 0 aromatic heterocycles. The van der Waals surface area contributed by atoms with Gasteiger partial charge in [0.05, 0.1) is 6.10 Å². The molecule has 1 heteroatoms. The van der Waals surface area contributed by atoms with Crippen molar-refractivity contribution in [2.75, 3.05) is 0 Å². The van der Waals surface area contributed by atoms with Gasteiger partial charge in [0, 0.05) is 0 Å². The van der Waals surface area contributed by atoms with Crippen LogP contribution in [-0.2, 0) is 6.42 Å². The van der Waals surface area contributed by atoms with Crippen LogP contribution in [0.2, 0.25) is 0 Å². The van der Waals surface area contributed by atoms with Crippen molar-refractivity contribution in [3.8, 4) is 0 Å². The maximum Gasteiger partial charge on any atom is 0.0576 e. The minimum atomic E-state index is -0.127. The fraction of sp³-hybridized carbons (Fsp3) is 0.684. The first kappa shape index (κ1) is 15.6. The second-order valence-corrected chi connectivity index (χ2v) is 7.63. The standard InChI is InChI=1S/C19H30O/c1-13-9-10-17(18(20)11-13)19(4,5)12-16-14(2)7-6-8-15(16)3/h6-8,13,17-18,20H,9-12H2,1-5H3. The van der Waals surface area contributed by atoms with E-state index in [1.54, 1.807) is 0 Å². The quantitative estimate of drug-likeness (QED) is 0.849. The van der Waals surface area contributed by atoms with Crippen LogP contribution in [0.5, 0.6) is 0 Å². The Hall–Kier alpha value is -0.820. The molecule has 1 aromatic rings. The summed E-state index contributed by atoms with van der Waals surface area (Å²) in [5.41, 5.74) is 4.41. The molecule has 20 heavy (non-hydrogen) atoms. The van der Waals surface area contributed by atoms with Crippen molar-refractivity contribution in [1.29, 1.82) is 0 Å². The molecule has 3 unspecified atom stereocenters. The Morgan fingerprint density at radius 3 is 2.30 bits per heavy atom. The second-order valence-electron chi connectivity index (χ2n) is 7.63. The lowest BCUT2D eigenvalue weighted by atomic mass is 9.65. The minimum absolute atomic E-state index is 0.127. The molecule has 0 saturated heterocycles. The third-order valence-corrected chi connectivity index (χ3v) is 5.36. The number of hydrogen-bond acceptors (Lipinski definition) is 1. The van der Waals surface area contributed by atoms with Crippen molar-refractivity contribution in [1.82, 2.24) is 0 Å². The maximum atomic E-state index is 10.5. The Kier molecular flexibility index (Phi) is 4.59. The number of benzene rings is 1. The van der Waals surface area contributed by atoms with Crippen molar-refractivity contribution in [2.45, 2.75) is 66.4 Å². The predicted molar refractivity (Wildman–Crippen MR) is 85.9 cm³/mol. The highest BCUT2D eigenvalue weighted by molar-refractivity contribution is 5.34. The smallest absolute Gasteiger partial charge is 0.0576 e. The van der Waals surface area contributed by atoms with E-state index in [0.29, 0.717) is 11.8 Å².